The molecule has 0 bridgehead atoms. The van der Waals surface area contributed by atoms with E-state index in [9.17, 15) is 0 Å². The Bertz CT molecular complexity index is 633. The van der Waals surface area contributed by atoms with Gasteiger partial charge in [0.05, 0.1) is 0 Å². The molecule has 1 aromatic heterocycles. The van der Waals surface area contributed by atoms with Crippen LogP contribution in [-0.2, 0) is 6.54 Å². The van der Waals surface area contributed by atoms with E-state index in [1.807, 2.05) is 0 Å². The van der Waals surface area contributed by atoms with Gasteiger partial charge in [0.2, 0.25) is 0 Å². The molecule has 1 aromatic carbocycles. The zero-order valence-corrected chi connectivity index (χ0v) is 14.1. The van der Waals surface area contributed by atoms with Gasteiger partial charge in [0, 0.05) is 29.7 Å². The summed E-state index contributed by atoms with van der Waals surface area (Å²) >= 11 is 0. The van der Waals surface area contributed by atoms with Crippen LogP contribution in [-0.4, -0.2) is 24.2 Å². The number of hydrogen-bond donors (Lipinski definition) is 2. The molecule has 1 aliphatic carbocycles. The molecule has 2 aliphatic rings. The molecule has 0 radical (unpaired) electrons. The molecule has 1 saturated heterocycles. The van der Waals surface area contributed by atoms with Crippen LogP contribution in [0.1, 0.15) is 50.1 Å². The van der Waals surface area contributed by atoms with Crippen LogP contribution < -0.4 is 10.6 Å². The Labute approximate surface area is 139 Å². The molecule has 3 heteroatoms. The van der Waals surface area contributed by atoms with Crippen LogP contribution in [0.5, 0.6) is 0 Å². The van der Waals surface area contributed by atoms with E-state index >= 15 is 0 Å². The zero-order valence-electron chi connectivity index (χ0n) is 14.1. The second-order valence-corrected chi connectivity index (χ2v) is 7.34. The summed E-state index contributed by atoms with van der Waals surface area (Å²) in [5.41, 5.74) is 2.90. The maximum atomic E-state index is 3.73. The van der Waals surface area contributed by atoms with Crippen LogP contribution in [0, 0.1) is 5.92 Å². The summed E-state index contributed by atoms with van der Waals surface area (Å²) < 4.78 is 2.56. The van der Waals surface area contributed by atoms with E-state index in [4.69, 9.17) is 0 Å². The minimum absolute atomic E-state index is 0.720. The van der Waals surface area contributed by atoms with Crippen LogP contribution >= 0.6 is 0 Å². The highest BCUT2D eigenvalue weighted by Gasteiger charge is 2.20. The van der Waals surface area contributed by atoms with Gasteiger partial charge in [0.15, 0.2) is 0 Å². The fraction of sp³-hybridized carbons (Fsp3) is 0.600. The van der Waals surface area contributed by atoms with Gasteiger partial charge in [-0.2, -0.15) is 0 Å². The van der Waals surface area contributed by atoms with Gasteiger partial charge in [-0.05, 0) is 62.9 Å². The second-order valence-electron chi connectivity index (χ2n) is 7.34. The number of fused-ring (bicyclic) bond motifs is 1. The predicted molar refractivity (Wildman–Crippen MR) is 96.7 cm³/mol. The summed E-state index contributed by atoms with van der Waals surface area (Å²) in [6, 6.07) is 9.67. The smallest absolute Gasteiger partial charge is 0.0486 e. The summed E-state index contributed by atoms with van der Waals surface area (Å²) in [7, 11) is 0. The quantitative estimate of drug-likeness (QED) is 0.878. The molecule has 1 saturated carbocycles. The molecular formula is C20H29N3. The normalized spacial score (nSPS) is 20.5. The van der Waals surface area contributed by atoms with E-state index in [1.165, 1.54) is 68.1 Å². The molecule has 4 rings (SSSR count). The van der Waals surface area contributed by atoms with Gasteiger partial charge >= 0.3 is 0 Å². The molecule has 0 atom stereocenters. The van der Waals surface area contributed by atoms with Crippen LogP contribution in [0.25, 0.3) is 10.9 Å². The molecule has 3 nitrogen and oxygen atoms in total. The standard InChI is InChI=1S/C20H29N3/c1-2-6-18(5-1)23-15-17(19-7-3-4-8-20(19)23)14-22-13-16-9-11-21-12-10-16/h3-4,7-8,15-16,18,21-22H,1-2,5-6,9-14H2. The molecule has 0 amide bonds. The van der Waals surface area contributed by atoms with E-state index in [1.54, 1.807) is 0 Å². The summed E-state index contributed by atoms with van der Waals surface area (Å²) in [6.07, 6.45) is 10.5. The Kier molecular flexibility index (Phi) is 4.67. The fourth-order valence-electron chi connectivity index (χ4n) is 4.40. The van der Waals surface area contributed by atoms with Gasteiger partial charge in [-0.15, -0.1) is 0 Å². The first-order valence-corrected chi connectivity index (χ1v) is 9.42. The zero-order chi connectivity index (χ0) is 15.5. The van der Waals surface area contributed by atoms with Gasteiger partial charge in [-0.25, -0.2) is 0 Å². The third kappa shape index (κ3) is 3.31. The van der Waals surface area contributed by atoms with Gasteiger partial charge in [-0.3, -0.25) is 0 Å². The summed E-state index contributed by atoms with van der Waals surface area (Å²) in [4.78, 5) is 0. The van der Waals surface area contributed by atoms with E-state index in [0.29, 0.717) is 0 Å². The maximum Gasteiger partial charge on any atom is 0.0486 e. The number of aromatic nitrogens is 1. The maximum absolute atomic E-state index is 3.73. The highest BCUT2D eigenvalue weighted by molar-refractivity contribution is 5.84. The van der Waals surface area contributed by atoms with Gasteiger partial charge in [-0.1, -0.05) is 31.0 Å². The van der Waals surface area contributed by atoms with E-state index in [2.05, 4.69) is 45.7 Å². The molecule has 2 aromatic rings. The Morgan fingerprint density at radius 3 is 2.65 bits per heavy atom. The molecule has 2 heterocycles. The van der Waals surface area contributed by atoms with E-state index in [0.717, 1.165) is 25.0 Å². The molecule has 0 spiro atoms. The van der Waals surface area contributed by atoms with Crippen LogP contribution in [0.2, 0.25) is 0 Å². The molecule has 2 N–H and O–H groups in total. The lowest BCUT2D eigenvalue weighted by atomic mass is 9.98. The number of nitrogens with one attached hydrogen (secondary N) is 2. The van der Waals surface area contributed by atoms with E-state index < -0.39 is 0 Å². The minimum atomic E-state index is 0.720. The third-order valence-electron chi connectivity index (χ3n) is 5.75. The summed E-state index contributed by atoms with van der Waals surface area (Å²) in [5.74, 6) is 0.847. The van der Waals surface area contributed by atoms with Crippen molar-refractivity contribution in [2.24, 2.45) is 5.92 Å². The molecule has 0 unspecified atom stereocenters. The number of nitrogens with zero attached hydrogens (tertiary/aromatic N) is 1. The van der Waals surface area contributed by atoms with Crippen LogP contribution in [0.4, 0.5) is 0 Å². The van der Waals surface area contributed by atoms with Crippen LogP contribution in [0.15, 0.2) is 30.5 Å². The third-order valence-corrected chi connectivity index (χ3v) is 5.75. The Morgan fingerprint density at radius 1 is 1.04 bits per heavy atom. The lowest BCUT2D eigenvalue weighted by Gasteiger charge is -2.22. The molecular weight excluding hydrogens is 282 g/mol. The van der Waals surface area contributed by atoms with Crippen molar-refractivity contribution in [3.63, 3.8) is 0 Å². The lowest BCUT2D eigenvalue weighted by molar-refractivity contribution is 0.356. The molecule has 2 fully saturated rings. The lowest BCUT2D eigenvalue weighted by Crippen LogP contribution is -2.33. The first-order chi connectivity index (χ1) is 11.4. The average molecular weight is 311 g/mol. The summed E-state index contributed by atoms with van der Waals surface area (Å²) in [5, 5.41) is 8.62. The van der Waals surface area contributed by atoms with Gasteiger partial charge in [0.25, 0.3) is 0 Å². The monoisotopic (exact) mass is 311 g/mol. The van der Waals surface area contributed by atoms with Gasteiger partial charge < -0.3 is 15.2 Å². The summed E-state index contributed by atoms with van der Waals surface area (Å²) in [6.45, 7) is 4.54. The van der Waals surface area contributed by atoms with Crippen molar-refractivity contribution in [1.82, 2.24) is 15.2 Å². The van der Waals surface area contributed by atoms with Crippen molar-refractivity contribution < 1.29 is 0 Å². The SMILES string of the molecule is c1ccc2c(c1)c(CNCC1CCNCC1)cn2C1CCCC1. The van der Waals surface area contributed by atoms with Crippen molar-refractivity contribution in [2.45, 2.75) is 51.1 Å². The number of benzene rings is 1. The number of hydrogen-bond acceptors (Lipinski definition) is 2. The highest BCUT2D eigenvalue weighted by Crippen LogP contribution is 2.34. The van der Waals surface area contributed by atoms with E-state index in [-0.39, 0.29) is 0 Å². The first kappa shape index (κ1) is 15.2. The second kappa shape index (κ2) is 7.06. The van der Waals surface area contributed by atoms with Crippen molar-refractivity contribution >= 4 is 10.9 Å². The highest BCUT2D eigenvalue weighted by atomic mass is 15.0. The topological polar surface area (TPSA) is 29.0 Å². The molecule has 1 aliphatic heterocycles. The number of para-hydroxylation sites is 1. The molecule has 124 valence electrons. The number of rotatable bonds is 5. The van der Waals surface area contributed by atoms with Crippen molar-refractivity contribution in [3.05, 3.63) is 36.0 Å². The van der Waals surface area contributed by atoms with Crippen molar-refractivity contribution in [3.8, 4) is 0 Å². The molecule has 23 heavy (non-hydrogen) atoms. The average Bonchev–Trinajstić information content (AvgIpc) is 3.24. The Morgan fingerprint density at radius 2 is 1.83 bits per heavy atom. The Hall–Kier alpha value is -1.32. The van der Waals surface area contributed by atoms with Gasteiger partial charge in [0.1, 0.15) is 0 Å². The largest absolute Gasteiger partial charge is 0.344 e. The van der Waals surface area contributed by atoms with Crippen molar-refractivity contribution in [2.75, 3.05) is 19.6 Å². The first-order valence-electron chi connectivity index (χ1n) is 9.42. The van der Waals surface area contributed by atoms with Crippen LogP contribution in [0.3, 0.4) is 0 Å². The van der Waals surface area contributed by atoms with Crippen molar-refractivity contribution in [1.29, 1.82) is 0 Å². The fourth-order valence-corrected chi connectivity index (χ4v) is 4.40. The number of piperidine rings is 1. The minimum Gasteiger partial charge on any atom is -0.344 e. The predicted octanol–water partition coefficient (Wildman–Crippen LogP) is 3.85. The Balaban J connectivity index is 1.48.